The number of hydrogen-bond acceptors (Lipinski definition) is 10. The second-order valence-corrected chi connectivity index (χ2v) is 11.7. The lowest BCUT2D eigenvalue weighted by molar-refractivity contribution is 0.0299. The number of halogens is 2. The van der Waals surface area contributed by atoms with Crippen LogP contribution in [0.3, 0.4) is 0 Å². The summed E-state index contributed by atoms with van der Waals surface area (Å²) in [5.41, 5.74) is 0.659. The minimum Gasteiger partial charge on any atom is -0.494 e. The first-order valence-electron chi connectivity index (χ1n) is 12.4. The zero-order valence-corrected chi connectivity index (χ0v) is 21.8. The number of nitrogens with zero attached hydrogens (tertiary/aromatic N) is 8. The first-order valence-corrected chi connectivity index (χ1v) is 14.3. The average molecular weight is 551 g/mol. The van der Waals surface area contributed by atoms with Gasteiger partial charge in [-0.15, -0.1) is 0 Å². The molecule has 0 spiro atoms. The predicted molar refractivity (Wildman–Crippen MR) is 135 cm³/mol. The van der Waals surface area contributed by atoms with Gasteiger partial charge in [-0.25, -0.2) is 22.2 Å². The third-order valence-corrected chi connectivity index (χ3v) is 8.51. The molecule has 2 aromatic heterocycles. The standard InChI is InChI=1S/C23H28F2N8O4S/c1-36-17-5-3-4-16-18(17)26-20(19(24)25)33(16)23-28-21(30-8-10-32(11-9-30)38(2,34)35)27-22(29-23)31-12-14-6-7-15(13-31)37-14/h3-5,14-15,19H,6-13H2,1-2H3. The number of anilines is 2. The van der Waals surface area contributed by atoms with Crippen LogP contribution in [-0.4, -0.2) is 102 Å². The van der Waals surface area contributed by atoms with Crippen LogP contribution < -0.4 is 14.5 Å². The number of para-hydroxylation sites is 1. The van der Waals surface area contributed by atoms with Crippen LogP contribution in [0.1, 0.15) is 25.1 Å². The van der Waals surface area contributed by atoms with Crippen molar-refractivity contribution in [1.29, 1.82) is 0 Å². The van der Waals surface area contributed by atoms with E-state index in [1.165, 1.54) is 22.2 Å². The summed E-state index contributed by atoms with van der Waals surface area (Å²) in [5.74, 6) is 0.527. The third-order valence-electron chi connectivity index (χ3n) is 7.21. The van der Waals surface area contributed by atoms with E-state index in [1.54, 1.807) is 18.2 Å². The van der Waals surface area contributed by atoms with Crippen molar-refractivity contribution in [3.8, 4) is 11.7 Å². The van der Waals surface area contributed by atoms with E-state index in [9.17, 15) is 17.2 Å². The highest BCUT2D eigenvalue weighted by Crippen LogP contribution is 2.33. The fourth-order valence-electron chi connectivity index (χ4n) is 5.34. The third kappa shape index (κ3) is 4.52. The normalized spacial score (nSPS) is 22.6. The number of aromatic nitrogens is 5. The number of benzene rings is 1. The van der Waals surface area contributed by atoms with Crippen LogP contribution in [0.25, 0.3) is 17.0 Å². The van der Waals surface area contributed by atoms with Gasteiger partial charge in [0.05, 0.1) is 31.1 Å². The van der Waals surface area contributed by atoms with Gasteiger partial charge in [0.25, 0.3) is 6.43 Å². The summed E-state index contributed by atoms with van der Waals surface area (Å²) in [4.78, 5) is 22.0. The molecule has 15 heteroatoms. The van der Waals surface area contributed by atoms with Crippen LogP contribution in [0.4, 0.5) is 20.7 Å². The van der Waals surface area contributed by atoms with Crippen molar-refractivity contribution >= 4 is 33.0 Å². The van der Waals surface area contributed by atoms with Crippen LogP contribution in [-0.2, 0) is 14.8 Å². The highest BCUT2D eigenvalue weighted by atomic mass is 32.2. The summed E-state index contributed by atoms with van der Waals surface area (Å²) in [7, 11) is -1.87. The van der Waals surface area contributed by atoms with E-state index in [0.29, 0.717) is 49.3 Å². The Kier molecular flexibility index (Phi) is 6.31. The molecule has 38 heavy (non-hydrogen) atoms. The van der Waals surface area contributed by atoms with Gasteiger partial charge in [0.2, 0.25) is 27.9 Å². The summed E-state index contributed by atoms with van der Waals surface area (Å²) in [6, 6.07) is 5.02. The van der Waals surface area contributed by atoms with Crippen molar-refractivity contribution < 1.29 is 26.7 Å². The van der Waals surface area contributed by atoms with Gasteiger partial charge in [-0.05, 0) is 25.0 Å². The van der Waals surface area contributed by atoms with Gasteiger partial charge in [-0.2, -0.15) is 19.3 Å². The zero-order chi connectivity index (χ0) is 26.6. The molecule has 1 aromatic carbocycles. The van der Waals surface area contributed by atoms with Gasteiger partial charge in [0, 0.05) is 39.3 Å². The Morgan fingerprint density at radius 1 is 0.947 bits per heavy atom. The molecule has 3 fully saturated rings. The van der Waals surface area contributed by atoms with E-state index in [4.69, 9.17) is 14.5 Å². The van der Waals surface area contributed by atoms with E-state index in [1.807, 2.05) is 9.80 Å². The molecule has 0 radical (unpaired) electrons. The Morgan fingerprint density at radius 2 is 1.58 bits per heavy atom. The molecular weight excluding hydrogens is 522 g/mol. The summed E-state index contributed by atoms with van der Waals surface area (Å²) < 4.78 is 66.5. The minimum atomic E-state index is -3.33. The van der Waals surface area contributed by atoms with Gasteiger partial charge < -0.3 is 19.3 Å². The molecule has 6 rings (SSSR count). The Morgan fingerprint density at radius 3 is 2.18 bits per heavy atom. The highest BCUT2D eigenvalue weighted by Gasteiger charge is 2.36. The molecule has 3 aliphatic rings. The van der Waals surface area contributed by atoms with E-state index in [2.05, 4.69) is 15.0 Å². The Bertz CT molecular complexity index is 1450. The van der Waals surface area contributed by atoms with Crippen LogP contribution >= 0.6 is 0 Å². The lowest BCUT2D eigenvalue weighted by Crippen LogP contribution is -2.49. The first kappa shape index (κ1) is 25.1. The molecule has 0 saturated carbocycles. The SMILES string of the molecule is COc1cccc2c1nc(C(F)F)n2-c1nc(N2CCN(S(C)(=O)=O)CC2)nc(N2CC3CCC(C2)O3)n1. The molecule has 2 atom stereocenters. The van der Waals surface area contributed by atoms with Gasteiger partial charge in [-0.3, -0.25) is 4.57 Å². The smallest absolute Gasteiger partial charge is 0.296 e. The number of alkyl halides is 2. The van der Waals surface area contributed by atoms with Gasteiger partial charge in [0.15, 0.2) is 5.82 Å². The number of hydrogen-bond donors (Lipinski definition) is 0. The molecule has 0 aliphatic carbocycles. The molecule has 3 aliphatic heterocycles. The number of ether oxygens (including phenoxy) is 2. The van der Waals surface area contributed by atoms with Crippen molar-refractivity contribution in [3.05, 3.63) is 24.0 Å². The lowest BCUT2D eigenvalue weighted by Gasteiger charge is -2.35. The molecule has 0 amide bonds. The quantitative estimate of drug-likeness (QED) is 0.448. The first-order chi connectivity index (χ1) is 18.2. The second kappa shape index (κ2) is 9.54. The van der Waals surface area contributed by atoms with Crippen molar-refractivity contribution in [2.24, 2.45) is 0 Å². The highest BCUT2D eigenvalue weighted by molar-refractivity contribution is 7.88. The molecule has 3 saturated heterocycles. The molecule has 12 nitrogen and oxygen atoms in total. The number of imidazole rings is 1. The minimum absolute atomic E-state index is 0.0143. The van der Waals surface area contributed by atoms with Crippen molar-refractivity contribution in [1.82, 2.24) is 28.8 Å². The monoisotopic (exact) mass is 550 g/mol. The lowest BCUT2D eigenvalue weighted by atomic mass is 10.2. The van der Waals surface area contributed by atoms with Crippen molar-refractivity contribution in [2.75, 3.05) is 62.4 Å². The summed E-state index contributed by atoms with van der Waals surface area (Å²) in [6.07, 6.45) is 0.297. The largest absolute Gasteiger partial charge is 0.494 e. The fourth-order valence-corrected chi connectivity index (χ4v) is 6.16. The molecule has 2 unspecified atom stereocenters. The Balaban J connectivity index is 1.46. The fraction of sp³-hybridized carbons (Fsp3) is 0.565. The van der Waals surface area contributed by atoms with Gasteiger partial charge >= 0.3 is 0 Å². The zero-order valence-electron chi connectivity index (χ0n) is 21.0. The maximum atomic E-state index is 14.3. The van der Waals surface area contributed by atoms with Crippen molar-refractivity contribution in [3.63, 3.8) is 0 Å². The number of methoxy groups -OCH3 is 1. The number of fused-ring (bicyclic) bond motifs is 3. The number of morpholine rings is 1. The van der Waals surface area contributed by atoms with Crippen molar-refractivity contribution in [2.45, 2.75) is 31.5 Å². The number of sulfonamides is 1. The molecule has 5 heterocycles. The topological polar surface area (TPSA) is 119 Å². The van der Waals surface area contributed by atoms with Gasteiger partial charge in [-0.1, -0.05) is 6.07 Å². The predicted octanol–water partition coefficient (Wildman–Crippen LogP) is 1.61. The van der Waals surface area contributed by atoms with Crippen LogP contribution in [0.5, 0.6) is 5.75 Å². The number of piperazine rings is 1. The summed E-state index contributed by atoms with van der Waals surface area (Å²) in [6.45, 7) is 2.41. The van der Waals surface area contributed by atoms with E-state index in [-0.39, 0.29) is 36.8 Å². The average Bonchev–Trinajstić information content (AvgIpc) is 3.47. The van der Waals surface area contributed by atoms with Crippen LogP contribution in [0, 0.1) is 0 Å². The summed E-state index contributed by atoms with van der Waals surface area (Å²) >= 11 is 0. The van der Waals surface area contributed by atoms with E-state index < -0.39 is 22.3 Å². The molecular formula is C23H28F2N8O4S. The molecule has 3 aromatic rings. The van der Waals surface area contributed by atoms with Gasteiger partial charge in [0.1, 0.15) is 11.3 Å². The maximum Gasteiger partial charge on any atom is 0.296 e. The maximum absolute atomic E-state index is 14.3. The summed E-state index contributed by atoms with van der Waals surface area (Å²) in [5, 5.41) is 0. The Labute approximate surface area is 218 Å². The number of rotatable bonds is 6. The van der Waals surface area contributed by atoms with E-state index >= 15 is 0 Å². The van der Waals surface area contributed by atoms with Crippen LogP contribution in [0.2, 0.25) is 0 Å². The van der Waals surface area contributed by atoms with Crippen LogP contribution in [0.15, 0.2) is 18.2 Å². The molecule has 0 N–H and O–H groups in total. The second-order valence-electron chi connectivity index (χ2n) is 9.68. The molecule has 2 bridgehead atoms. The molecule has 204 valence electrons. The van der Waals surface area contributed by atoms with E-state index in [0.717, 1.165) is 12.8 Å². The Hall–Kier alpha value is -3.17.